The molecule has 8 nitrogen and oxygen atoms in total. The topological polar surface area (TPSA) is 68.4 Å². The molecule has 0 saturated carbocycles. The Hall–Kier alpha value is -2.39. The molecule has 1 aromatic rings. The van der Waals surface area contributed by atoms with E-state index in [1.165, 1.54) is 17.9 Å². The van der Waals surface area contributed by atoms with Gasteiger partial charge in [-0.3, -0.25) is 14.6 Å². The molecule has 0 aromatic heterocycles. The fourth-order valence-corrected chi connectivity index (χ4v) is 4.05. The molecule has 2 aliphatic rings. The maximum atomic E-state index is 14.9. The van der Waals surface area contributed by atoms with E-state index in [2.05, 4.69) is 33.9 Å². The Morgan fingerprint density at radius 2 is 1.94 bits per heavy atom. The van der Waals surface area contributed by atoms with Gasteiger partial charge in [-0.25, -0.2) is 9.18 Å². The van der Waals surface area contributed by atoms with Crippen LogP contribution in [0.15, 0.2) is 18.2 Å². The predicted octanol–water partition coefficient (Wildman–Crippen LogP) is 1.75. The van der Waals surface area contributed by atoms with Gasteiger partial charge in [0.1, 0.15) is 11.9 Å². The van der Waals surface area contributed by atoms with Crippen LogP contribution in [0.3, 0.4) is 0 Å². The Morgan fingerprint density at radius 1 is 1.23 bits per heavy atom. The quantitative estimate of drug-likeness (QED) is 0.638. The van der Waals surface area contributed by atoms with Crippen molar-refractivity contribution >= 4 is 23.4 Å². The Morgan fingerprint density at radius 3 is 2.55 bits per heavy atom. The molecule has 1 aromatic carbocycles. The second-order valence-corrected chi connectivity index (χ2v) is 8.04. The number of carbonyl (C=O) groups is 2. The second-order valence-electron chi connectivity index (χ2n) is 8.04. The average Bonchev–Trinajstić information content (AvgIpc) is 3.14. The summed E-state index contributed by atoms with van der Waals surface area (Å²) in [7, 11) is 0. The third-order valence-electron chi connectivity index (χ3n) is 6.04. The van der Waals surface area contributed by atoms with Crippen molar-refractivity contribution in [3.8, 4) is 0 Å². The van der Waals surface area contributed by atoms with Crippen LogP contribution in [0.1, 0.15) is 20.8 Å². The summed E-state index contributed by atoms with van der Waals surface area (Å²) in [6, 6.07) is 4.89. The average molecular weight is 436 g/mol. The van der Waals surface area contributed by atoms with Crippen LogP contribution >= 0.6 is 0 Å². The summed E-state index contributed by atoms with van der Waals surface area (Å²) < 4.78 is 20.2. The summed E-state index contributed by atoms with van der Waals surface area (Å²) in [5, 5.41) is 2.64. The molecule has 1 atom stereocenters. The molecule has 31 heavy (non-hydrogen) atoms. The van der Waals surface area contributed by atoms with Gasteiger partial charge in [0.2, 0.25) is 5.91 Å². The first kappa shape index (κ1) is 23.3. The molecule has 2 fully saturated rings. The molecule has 3 rings (SSSR count). The number of piperazine rings is 1. The van der Waals surface area contributed by atoms with E-state index in [9.17, 15) is 14.0 Å². The van der Waals surface area contributed by atoms with Crippen molar-refractivity contribution < 1.29 is 18.7 Å². The van der Waals surface area contributed by atoms with Crippen LogP contribution in [0.4, 0.5) is 20.6 Å². The highest BCUT2D eigenvalue weighted by Crippen LogP contribution is 2.28. The van der Waals surface area contributed by atoms with Crippen LogP contribution in [0.5, 0.6) is 0 Å². The first-order valence-electron chi connectivity index (χ1n) is 11.1. The van der Waals surface area contributed by atoms with E-state index in [0.717, 1.165) is 52.4 Å². The molecule has 0 radical (unpaired) electrons. The summed E-state index contributed by atoms with van der Waals surface area (Å²) in [5.41, 5.74) is 1.03. The maximum absolute atomic E-state index is 14.9. The number of amides is 2. The zero-order valence-electron chi connectivity index (χ0n) is 18.8. The lowest BCUT2D eigenvalue weighted by molar-refractivity contribution is -0.119. The van der Waals surface area contributed by atoms with E-state index in [1.807, 2.05) is 0 Å². The maximum Gasteiger partial charge on any atom is 0.414 e. The number of hydrogen-bond donors (Lipinski definition) is 1. The van der Waals surface area contributed by atoms with Gasteiger partial charge >= 0.3 is 6.09 Å². The van der Waals surface area contributed by atoms with Gasteiger partial charge in [0, 0.05) is 46.2 Å². The fourth-order valence-electron chi connectivity index (χ4n) is 4.05. The molecule has 2 saturated heterocycles. The monoisotopic (exact) mass is 435 g/mol. The number of ether oxygens (including phenoxy) is 1. The third kappa shape index (κ3) is 6.07. The summed E-state index contributed by atoms with van der Waals surface area (Å²) >= 11 is 0. The van der Waals surface area contributed by atoms with Crippen molar-refractivity contribution in [3.63, 3.8) is 0 Å². The van der Waals surface area contributed by atoms with Gasteiger partial charge in [-0.1, -0.05) is 13.8 Å². The van der Waals surface area contributed by atoms with E-state index in [1.54, 1.807) is 12.1 Å². The summed E-state index contributed by atoms with van der Waals surface area (Å²) in [4.78, 5) is 31.5. The summed E-state index contributed by atoms with van der Waals surface area (Å²) in [5.74, 6) is -0.523. The number of cyclic esters (lactones) is 1. The van der Waals surface area contributed by atoms with Crippen LogP contribution in [-0.2, 0) is 9.53 Å². The molecular formula is C22H34FN5O3. The standard InChI is InChI=1S/C22H34FN5O3/c1-4-25(5-2)8-9-26-10-12-27(13-11-26)21-7-6-18(14-20(21)23)28-16-19(31-22(28)30)15-24-17(3)29/h6-7,14,19H,4-5,8-13,15-16H2,1-3H3,(H,24,29)/t19-/m0/s1. The van der Waals surface area contributed by atoms with E-state index in [0.29, 0.717) is 11.4 Å². The molecule has 0 unspecified atom stereocenters. The van der Waals surface area contributed by atoms with E-state index in [-0.39, 0.29) is 24.8 Å². The van der Waals surface area contributed by atoms with Gasteiger partial charge in [0.25, 0.3) is 0 Å². The number of carbonyl (C=O) groups excluding carboxylic acids is 2. The normalized spacial score (nSPS) is 19.8. The Bertz CT molecular complexity index is 766. The predicted molar refractivity (Wildman–Crippen MR) is 119 cm³/mol. The molecule has 2 heterocycles. The van der Waals surface area contributed by atoms with Crippen LogP contribution < -0.4 is 15.1 Å². The van der Waals surface area contributed by atoms with Crippen LogP contribution in [-0.4, -0.2) is 93.4 Å². The largest absolute Gasteiger partial charge is 0.442 e. The van der Waals surface area contributed by atoms with Gasteiger partial charge in [-0.05, 0) is 31.3 Å². The smallest absolute Gasteiger partial charge is 0.414 e. The molecule has 0 aliphatic carbocycles. The molecule has 0 spiro atoms. The van der Waals surface area contributed by atoms with Gasteiger partial charge in [0.05, 0.1) is 24.5 Å². The van der Waals surface area contributed by atoms with Gasteiger partial charge in [0.15, 0.2) is 0 Å². The third-order valence-corrected chi connectivity index (χ3v) is 6.04. The highest BCUT2D eigenvalue weighted by Gasteiger charge is 2.33. The molecule has 9 heteroatoms. The van der Waals surface area contributed by atoms with E-state index < -0.39 is 12.2 Å². The molecule has 2 amide bonds. The van der Waals surface area contributed by atoms with E-state index >= 15 is 0 Å². The lowest BCUT2D eigenvalue weighted by atomic mass is 10.2. The first-order valence-corrected chi connectivity index (χ1v) is 11.1. The number of benzene rings is 1. The van der Waals surface area contributed by atoms with Crippen molar-refractivity contribution in [2.45, 2.75) is 26.9 Å². The summed E-state index contributed by atoms with van der Waals surface area (Å²) in [6.07, 6.45) is -0.965. The lowest BCUT2D eigenvalue weighted by Gasteiger charge is -2.37. The van der Waals surface area contributed by atoms with Crippen LogP contribution in [0.25, 0.3) is 0 Å². The van der Waals surface area contributed by atoms with Crippen LogP contribution in [0, 0.1) is 5.82 Å². The number of hydrogen-bond acceptors (Lipinski definition) is 6. The van der Waals surface area contributed by atoms with Crippen molar-refractivity contribution in [1.29, 1.82) is 0 Å². The van der Waals surface area contributed by atoms with Crippen molar-refractivity contribution in [2.75, 3.05) is 75.2 Å². The minimum absolute atomic E-state index is 0.182. The summed E-state index contributed by atoms with van der Waals surface area (Å²) in [6.45, 7) is 13.9. The first-order chi connectivity index (χ1) is 14.9. The van der Waals surface area contributed by atoms with Gasteiger partial charge in [-0.15, -0.1) is 0 Å². The molecule has 1 N–H and O–H groups in total. The van der Waals surface area contributed by atoms with Crippen molar-refractivity contribution in [1.82, 2.24) is 15.1 Å². The van der Waals surface area contributed by atoms with Crippen LogP contribution in [0.2, 0.25) is 0 Å². The zero-order chi connectivity index (χ0) is 22.4. The number of halogens is 1. The van der Waals surface area contributed by atoms with Gasteiger partial charge < -0.3 is 19.9 Å². The highest BCUT2D eigenvalue weighted by atomic mass is 19.1. The number of nitrogens with one attached hydrogen (secondary N) is 1. The number of nitrogens with zero attached hydrogens (tertiary/aromatic N) is 4. The highest BCUT2D eigenvalue weighted by molar-refractivity contribution is 5.90. The Labute approximate surface area is 183 Å². The number of anilines is 2. The van der Waals surface area contributed by atoms with Gasteiger partial charge in [-0.2, -0.15) is 0 Å². The Balaban J connectivity index is 1.54. The van der Waals surface area contributed by atoms with E-state index in [4.69, 9.17) is 4.74 Å². The number of likely N-dealkylation sites (N-methyl/N-ethyl adjacent to an activating group) is 1. The SMILES string of the molecule is CCN(CC)CCN1CCN(c2ccc(N3C[C@H](CNC(C)=O)OC3=O)cc2F)CC1. The number of rotatable bonds is 9. The molecule has 172 valence electrons. The minimum atomic E-state index is -0.524. The molecule has 0 bridgehead atoms. The molecule has 2 aliphatic heterocycles. The fraction of sp³-hybridized carbons (Fsp3) is 0.636. The minimum Gasteiger partial charge on any atom is -0.442 e. The molecular weight excluding hydrogens is 401 g/mol. The Kier molecular flexibility index (Phi) is 8.09. The van der Waals surface area contributed by atoms with Crippen molar-refractivity contribution in [2.24, 2.45) is 0 Å². The lowest BCUT2D eigenvalue weighted by Crippen LogP contribution is -2.48. The zero-order valence-corrected chi connectivity index (χ0v) is 18.8. The second kappa shape index (κ2) is 10.8. The van der Waals surface area contributed by atoms with Crippen molar-refractivity contribution in [3.05, 3.63) is 24.0 Å².